The Morgan fingerprint density at radius 1 is 1.24 bits per heavy atom. The molecule has 1 heterocycles. The van der Waals surface area contributed by atoms with E-state index in [1.165, 1.54) is 23.4 Å². The summed E-state index contributed by atoms with van der Waals surface area (Å²) in [5, 5.41) is 11.3. The average Bonchev–Trinajstić information content (AvgIpc) is 3.01. The van der Waals surface area contributed by atoms with Crippen molar-refractivity contribution in [2.75, 3.05) is 13.6 Å². The summed E-state index contributed by atoms with van der Waals surface area (Å²) in [7, 11) is 3.73. The number of aromatic nitrogens is 2. The number of rotatable bonds is 9. The van der Waals surface area contributed by atoms with E-state index in [0.29, 0.717) is 24.8 Å². The Balaban J connectivity index is 0.00000420. The molecular formula is C21H33FIN5O. The molecule has 0 aliphatic carbocycles. The van der Waals surface area contributed by atoms with Gasteiger partial charge in [0.05, 0.1) is 12.2 Å². The van der Waals surface area contributed by atoms with Gasteiger partial charge in [-0.15, -0.1) is 24.0 Å². The molecule has 6 nitrogen and oxygen atoms in total. The first-order valence-corrected chi connectivity index (χ1v) is 9.92. The number of halogens is 2. The minimum Gasteiger partial charge on any atom is -0.489 e. The van der Waals surface area contributed by atoms with Crippen LogP contribution in [0.3, 0.4) is 0 Å². The van der Waals surface area contributed by atoms with Crippen molar-refractivity contribution >= 4 is 29.9 Å². The third-order valence-corrected chi connectivity index (χ3v) is 4.74. The predicted octanol–water partition coefficient (Wildman–Crippen LogP) is 3.82. The minimum atomic E-state index is -0.298. The lowest BCUT2D eigenvalue weighted by atomic mass is 10.1. The highest BCUT2D eigenvalue weighted by Gasteiger charge is 2.15. The van der Waals surface area contributed by atoms with Crippen LogP contribution in [-0.4, -0.2) is 35.4 Å². The van der Waals surface area contributed by atoms with E-state index in [4.69, 9.17) is 4.74 Å². The monoisotopic (exact) mass is 517 g/mol. The van der Waals surface area contributed by atoms with Crippen LogP contribution in [0.5, 0.6) is 5.75 Å². The molecule has 0 aliphatic rings. The lowest BCUT2D eigenvalue weighted by Gasteiger charge is -2.20. The average molecular weight is 517 g/mol. The molecule has 1 aromatic carbocycles. The molecule has 1 unspecified atom stereocenters. The second-order valence-electron chi connectivity index (χ2n) is 6.61. The smallest absolute Gasteiger partial charge is 0.191 e. The SMILES string of the molecule is CCc1nn(C)c(CC)c1CNC(=NC)NCC(CC)Oc1cccc(F)c1.I. The van der Waals surface area contributed by atoms with Gasteiger partial charge in [-0.1, -0.05) is 26.8 Å². The van der Waals surface area contributed by atoms with E-state index in [9.17, 15) is 4.39 Å². The molecule has 0 bridgehead atoms. The zero-order chi connectivity index (χ0) is 20.5. The molecular weight excluding hydrogens is 484 g/mol. The van der Waals surface area contributed by atoms with Gasteiger partial charge in [-0.2, -0.15) is 5.10 Å². The maximum Gasteiger partial charge on any atom is 0.191 e. The summed E-state index contributed by atoms with van der Waals surface area (Å²) < 4.78 is 21.2. The van der Waals surface area contributed by atoms with E-state index in [1.807, 2.05) is 18.7 Å². The molecule has 162 valence electrons. The Labute approximate surface area is 190 Å². The number of nitrogens with one attached hydrogen (secondary N) is 2. The third kappa shape index (κ3) is 7.17. The Bertz CT molecular complexity index is 793. The van der Waals surface area contributed by atoms with Crippen molar-refractivity contribution < 1.29 is 9.13 Å². The van der Waals surface area contributed by atoms with E-state index in [-0.39, 0.29) is 35.9 Å². The molecule has 0 saturated heterocycles. The van der Waals surface area contributed by atoms with Crippen LogP contribution in [0.15, 0.2) is 29.3 Å². The molecule has 0 radical (unpaired) electrons. The van der Waals surface area contributed by atoms with Crippen molar-refractivity contribution in [1.82, 2.24) is 20.4 Å². The molecule has 8 heteroatoms. The summed E-state index contributed by atoms with van der Waals surface area (Å²) in [5.41, 5.74) is 3.59. The van der Waals surface area contributed by atoms with Gasteiger partial charge in [0.2, 0.25) is 0 Å². The molecule has 29 heavy (non-hydrogen) atoms. The number of ether oxygens (including phenoxy) is 1. The van der Waals surface area contributed by atoms with Gasteiger partial charge in [0.25, 0.3) is 0 Å². The van der Waals surface area contributed by atoms with E-state index >= 15 is 0 Å². The first-order valence-electron chi connectivity index (χ1n) is 9.92. The summed E-state index contributed by atoms with van der Waals surface area (Å²) in [6, 6.07) is 6.22. The highest BCUT2D eigenvalue weighted by molar-refractivity contribution is 14.0. The molecule has 1 atom stereocenters. The van der Waals surface area contributed by atoms with Crippen molar-refractivity contribution in [2.24, 2.45) is 12.0 Å². The van der Waals surface area contributed by atoms with E-state index in [2.05, 4.69) is 34.6 Å². The summed E-state index contributed by atoms with van der Waals surface area (Å²) in [4.78, 5) is 4.30. The minimum absolute atomic E-state index is 0. The first-order chi connectivity index (χ1) is 13.5. The van der Waals surface area contributed by atoms with Crippen LogP contribution in [0.25, 0.3) is 0 Å². The van der Waals surface area contributed by atoms with Gasteiger partial charge in [0.1, 0.15) is 17.7 Å². The predicted molar refractivity (Wildman–Crippen MR) is 127 cm³/mol. The number of benzene rings is 1. The molecule has 0 aliphatic heterocycles. The number of hydrogen-bond donors (Lipinski definition) is 2. The number of hydrogen-bond acceptors (Lipinski definition) is 3. The highest BCUT2D eigenvalue weighted by atomic mass is 127. The Morgan fingerprint density at radius 3 is 2.59 bits per heavy atom. The highest BCUT2D eigenvalue weighted by Crippen LogP contribution is 2.16. The Hall–Kier alpha value is -1.84. The van der Waals surface area contributed by atoms with Crippen LogP contribution in [0.2, 0.25) is 0 Å². The zero-order valence-corrected chi connectivity index (χ0v) is 20.3. The molecule has 0 spiro atoms. The van der Waals surface area contributed by atoms with Gasteiger partial charge >= 0.3 is 0 Å². The van der Waals surface area contributed by atoms with Crippen LogP contribution in [0.4, 0.5) is 4.39 Å². The molecule has 2 N–H and O–H groups in total. The number of guanidine groups is 1. The third-order valence-electron chi connectivity index (χ3n) is 4.74. The number of aliphatic imine (C=N–C) groups is 1. The van der Waals surface area contributed by atoms with Crippen LogP contribution < -0.4 is 15.4 Å². The fourth-order valence-electron chi connectivity index (χ4n) is 3.20. The van der Waals surface area contributed by atoms with Gasteiger partial charge in [-0.05, 0) is 31.4 Å². The van der Waals surface area contributed by atoms with Gasteiger partial charge in [0, 0.05) is 38.0 Å². The van der Waals surface area contributed by atoms with E-state index in [1.54, 1.807) is 19.2 Å². The summed E-state index contributed by atoms with van der Waals surface area (Å²) >= 11 is 0. The van der Waals surface area contributed by atoms with E-state index < -0.39 is 0 Å². The number of aryl methyl sites for hydroxylation is 2. The van der Waals surface area contributed by atoms with Crippen LogP contribution >= 0.6 is 24.0 Å². The molecule has 2 aromatic rings. The summed E-state index contributed by atoms with van der Waals surface area (Å²) in [5.74, 6) is 0.939. The second-order valence-corrected chi connectivity index (χ2v) is 6.61. The topological polar surface area (TPSA) is 63.5 Å². The summed E-state index contributed by atoms with van der Waals surface area (Å²) in [6.07, 6.45) is 2.54. The zero-order valence-electron chi connectivity index (χ0n) is 18.0. The van der Waals surface area contributed by atoms with Gasteiger partial charge in [-0.3, -0.25) is 9.67 Å². The summed E-state index contributed by atoms with van der Waals surface area (Å²) in [6.45, 7) is 7.54. The number of nitrogens with zero attached hydrogens (tertiary/aromatic N) is 3. The molecule has 0 fully saturated rings. The van der Waals surface area contributed by atoms with Crippen LogP contribution in [0, 0.1) is 5.82 Å². The first kappa shape index (κ1) is 25.2. The second kappa shape index (κ2) is 12.7. The van der Waals surface area contributed by atoms with Gasteiger partial charge < -0.3 is 15.4 Å². The molecule has 0 saturated carbocycles. The maximum atomic E-state index is 13.3. The lowest BCUT2D eigenvalue weighted by molar-refractivity contribution is 0.198. The fraction of sp³-hybridized carbons (Fsp3) is 0.524. The van der Waals surface area contributed by atoms with Crippen molar-refractivity contribution in [3.63, 3.8) is 0 Å². The van der Waals surface area contributed by atoms with E-state index in [0.717, 1.165) is 25.0 Å². The van der Waals surface area contributed by atoms with Crippen molar-refractivity contribution in [1.29, 1.82) is 0 Å². The van der Waals surface area contributed by atoms with Gasteiger partial charge in [0.15, 0.2) is 5.96 Å². The maximum absolute atomic E-state index is 13.3. The largest absolute Gasteiger partial charge is 0.489 e. The Kier molecular flexibility index (Phi) is 11.0. The van der Waals surface area contributed by atoms with Crippen molar-refractivity contribution in [3.05, 3.63) is 47.0 Å². The fourth-order valence-corrected chi connectivity index (χ4v) is 3.20. The normalized spacial score (nSPS) is 12.3. The quantitative estimate of drug-likeness (QED) is 0.302. The van der Waals surface area contributed by atoms with Crippen molar-refractivity contribution in [3.8, 4) is 5.75 Å². The van der Waals surface area contributed by atoms with Crippen LogP contribution in [0.1, 0.15) is 44.1 Å². The standard InChI is InChI=1S/C21H32FN5O.HI/c1-6-16(28-17-11-9-10-15(22)12-17)13-24-21(23-4)25-14-18-19(7-2)26-27(5)20(18)8-3;/h9-12,16H,6-8,13-14H2,1-5H3,(H2,23,24,25);1H. The Morgan fingerprint density at radius 2 is 2.00 bits per heavy atom. The molecule has 1 aromatic heterocycles. The van der Waals surface area contributed by atoms with Gasteiger partial charge in [-0.25, -0.2) is 4.39 Å². The van der Waals surface area contributed by atoms with Crippen LogP contribution in [-0.2, 0) is 26.4 Å². The van der Waals surface area contributed by atoms with Crippen molar-refractivity contribution in [2.45, 2.75) is 52.7 Å². The molecule has 2 rings (SSSR count). The lowest BCUT2D eigenvalue weighted by Crippen LogP contribution is -2.42. The molecule has 0 amide bonds.